The molecule has 0 aliphatic carbocycles. The van der Waals surface area contributed by atoms with Crippen molar-refractivity contribution in [3.8, 4) is 5.75 Å². The van der Waals surface area contributed by atoms with Gasteiger partial charge in [0.15, 0.2) is 17.4 Å². The molecule has 0 aliphatic heterocycles. The van der Waals surface area contributed by atoms with E-state index in [2.05, 4.69) is 5.32 Å². The highest BCUT2D eigenvalue weighted by atomic mass is 35.5. The first kappa shape index (κ1) is 27.0. The van der Waals surface area contributed by atoms with Crippen LogP contribution >= 0.6 is 11.6 Å². The predicted molar refractivity (Wildman–Crippen MR) is 146 cm³/mol. The summed E-state index contributed by atoms with van der Waals surface area (Å²) in [6.45, 7) is 0. The molecule has 0 aliphatic rings. The van der Waals surface area contributed by atoms with Crippen LogP contribution in [0.2, 0.25) is 5.02 Å². The Hall–Kier alpha value is -4.62. The van der Waals surface area contributed by atoms with Crippen LogP contribution in [0.1, 0.15) is 32.6 Å². The summed E-state index contributed by atoms with van der Waals surface area (Å²) in [5, 5.41) is 12.6. The van der Waals surface area contributed by atoms with E-state index in [4.69, 9.17) is 11.6 Å². The topological polar surface area (TPSA) is 49.3 Å². The van der Waals surface area contributed by atoms with Gasteiger partial charge in [0.05, 0.1) is 5.41 Å². The molecule has 200 valence electrons. The highest BCUT2D eigenvalue weighted by molar-refractivity contribution is 6.31. The lowest BCUT2D eigenvalue weighted by Crippen LogP contribution is -2.31. The summed E-state index contributed by atoms with van der Waals surface area (Å²) in [5.74, 6) is -11.5. The third kappa shape index (κ3) is 4.48. The van der Waals surface area contributed by atoms with Gasteiger partial charge in [-0.05, 0) is 40.5 Å². The van der Waals surface area contributed by atoms with E-state index in [9.17, 15) is 27.5 Å². The fourth-order valence-electron chi connectivity index (χ4n) is 4.93. The Balaban J connectivity index is 1.64. The lowest BCUT2D eigenvalue weighted by molar-refractivity contribution is 0.101. The molecule has 0 fully saturated rings. The molecule has 8 heteroatoms. The van der Waals surface area contributed by atoms with Gasteiger partial charge in [-0.2, -0.15) is 4.39 Å². The van der Waals surface area contributed by atoms with Crippen LogP contribution in [0, 0.1) is 23.3 Å². The highest BCUT2D eigenvalue weighted by Crippen LogP contribution is 2.47. The van der Waals surface area contributed by atoms with E-state index >= 15 is 0 Å². The second kappa shape index (κ2) is 10.9. The van der Waals surface area contributed by atoms with Crippen molar-refractivity contribution in [2.45, 2.75) is 5.41 Å². The van der Waals surface area contributed by atoms with Gasteiger partial charge in [-0.1, -0.05) is 103 Å². The molecule has 5 rings (SSSR count). The molecule has 5 aromatic rings. The summed E-state index contributed by atoms with van der Waals surface area (Å²) in [6.07, 6.45) is 0. The Morgan fingerprint density at radius 1 is 0.625 bits per heavy atom. The zero-order chi connectivity index (χ0) is 28.4. The van der Waals surface area contributed by atoms with Crippen molar-refractivity contribution >= 4 is 23.2 Å². The molecule has 3 nitrogen and oxygen atoms in total. The van der Waals surface area contributed by atoms with Crippen LogP contribution in [0.3, 0.4) is 0 Å². The number of phenols is 1. The Morgan fingerprint density at radius 2 is 1.10 bits per heavy atom. The maximum absolute atomic E-state index is 14.3. The highest BCUT2D eigenvalue weighted by Gasteiger charge is 2.39. The van der Waals surface area contributed by atoms with Gasteiger partial charge < -0.3 is 10.4 Å². The zero-order valence-electron chi connectivity index (χ0n) is 20.6. The zero-order valence-corrected chi connectivity index (χ0v) is 21.4. The molecule has 40 heavy (non-hydrogen) atoms. The fraction of sp³-hybridized carbons (Fsp3) is 0.0312. The first-order chi connectivity index (χ1) is 19.3. The van der Waals surface area contributed by atoms with Gasteiger partial charge >= 0.3 is 0 Å². The maximum Gasteiger partial charge on any atom is 0.262 e. The van der Waals surface area contributed by atoms with E-state index in [0.717, 1.165) is 22.3 Å². The number of rotatable bonds is 6. The van der Waals surface area contributed by atoms with Crippen LogP contribution in [0.5, 0.6) is 5.75 Å². The summed E-state index contributed by atoms with van der Waals surface area (Å²) in [5.41, 5.74) is 1.29. The number of carbonyl (C=O) groups is 1. The van der Waals surface area contributed by atoms with E-state index in [1.165, 1.54) is 12.1 Å². The van der Waals surface area contributed by atoms with Crippen molar-refractivity contribution in [1.29, 1.82) is 0 Å². The van der Waals surface area contributed by atoms with E-state index in [1.54, 1.807) is 18.2 Å². The molecular formula is C32H20ClF4NO2. The monoisotopic (exact) mass is 561 g/mol. The lowest BCUT2D eigenvalue weighted by atomic mass is 9.65. The number of amides is 1. The minimum Gasteiger partial charge on any atom is -0.504 e. The van der Waals surface area contributed by atoms with E-state index in [1.807, 2.05) is 78.9 Å². The average molecular weight is 562 g/mol. The van der Waals surface area contributed by atoms with E-state index in [-0.39, 0.29) is 5.69 Å². The predicted octanol–water partition coefficient (Wildman–Crippen LogP) is 8.24. The average Bonchev–Trinajstić information content (AvgIpc) is 2.98. The van der Waals surface area contributed by atoms with Gasteiger partial charge in [0.2, 0.25) is 11.6 Å². The first-order valence-corrected chi connectivity index (χ1v) is 12.5. The van der Waals surface area contributed by atoms with Crippen molar-refractivity contribution in [1.82, 2.24) is 0 Å². The second-order valence-corrected chi connectivity index (χ2v) is 9.38. The Labute approximate surface area is 232 Å². The van der Waals surface area contributed by atoms with Gasteiger partial charge in [-0.3, -0.25) is 4.79 Å². The SMILES string of the molecule is O=C(Nc1ccc(C(c2ccccc2)(c2ccccc2)c2ccccc2Cl)cc1)c1c(O)c(F)c(F)c(F)c1F. The van der Waals surface area contributed by atoms with Crippen molar-refractivity contribution < 1.29 is 27.5 Å². The van der Waals surface area contributed by atoms with Gasteiger partial charge in [-0.25, -0.2) is 13.2 Å². The van der Waals surface area contributed by atoms with Gasteiger partial charge in [0.1, 0.15) is 5.56 Å². The van der Waals surface area contributed by atoms with Crippen LogP contribution in [-0.4, -0.2) is 11.0 Å². The number of phenolic OH excluding ortho intramolecular Hbond substituents is 1. The first-order valence-electron chi connectivity index (χ1n) is 12.1. The number of hydrogen-bond donors (Lipinski definition) is 2. The summed E-state index contributed by atoms with van der Waals surface area (Å²) < 4.78 is 55.2. The number of carbonyl (C=O) groups excluding carboxylic acids is 1. The van der Waals surface area contributed by atoms with Crippen LogP contribution in [0.25, 0.3) is 0 Å². The van der Waals surface area contributed by atoms with E-state index in [0.29, 0.717) is 5.02 Å². The van der Waals surface area contributed by atoms with Crippen molar-refractivity contribution in [3.63, 3.8) is 0 Å². The molecule has 0 radical (unpaired) electrons. The molecule has 2 N–H and O–H groups in total. The number of hydrogen-bond acceptors (Lipinski definition) is 2. The van der Waals surface area contributed by atoms with Gasteiger partial charge in [0.25, 0.3) is 5.91 Å². The van der Waals surface area contributed by atoms with Crippen LogP contribution < -0.4 is 5.32 Å². The standard InChI is InChI=1S/C32H20ClF4NO2/c33-24-14-8-7-13-23(24)32(19-9-3-1-4-10-19,20-11-5-2-6-12-20)21-15-17-22(18-16-21)38-31(40)25-26(34)27(35)28(36)29(37)30(25)39/h1-18,39H,(H,38,40). The largest absolute Gasteiger partial charge is 0.504 e. The molecule has 0 spiro atoms. The minimum atomic E-state index is -2.21. The maximum atomic E-state index is 14.3. The van der Waals surface area contributed by atoms with E-state index < -0.39 is 45.9 Å². The summed E-state index contributed by atoms with van der Waals surface area (Å²) in [7, 11) is 0. The van der Waals surface area contributed by atoms with Crippen LogP contribution in [-0.2, 0) is 5.41 Å². The summed E-state index contributed by atoms with van der Waals surface area (Å²) in [6, 6.07) is 33.4. The van der Waals surface area contributed by atoms with Gasteiger partial charge in [-0.15, -0.1) is 0 Å². The molecule has 1 amide bonds. The molecule has 0 unspecified atom stereocenters. The fourth-order valence-corrected chi connectivity index (χ4v) is 5.21. The number of halogens is 5. The van der Waals surface area contributed by atoms with Crippen molar-refractivity contribution in [3.05, 3.63) is 165 Å². The normalized spacial score (nSPS) is 11.3. The minimum absolute atomic E-state index is 0.131. The molecule has 0 saturated carbocycles. The Morgan fingerprint density at radius 3 is 1.65 bits per heavy atom. The van der Waals surface area contributed by atoms with Crippen LogP contribution in [0.4, 0.5) is 23.2 Å². The lowest BCUT2D eigenvalue weighted by Gasteiger charge is -2.37. The quantitative estimate of drug-likeness (QED) is 0.0949. The van der Waals surface area contributed by atoms with Crippen LogP contribution in [0.15, 0.2) is 109 Å². The number of aromatic hydroxyl groups is 1. The molecular weight excluding hydrogens is 542 g/mol. The number of nitrogens with one attached hydrogen (secondary N) is 1. The Bertz CT molecular complexity index is 1630. The third-order valence-electron chi connectivity index (χ3n) is 6.74. The second-order valence-electron chi connectivity index (χ2n) is 8.97. The molecule has 0 heterocycles. The smallest absolute Gasteiger partial charge is 0.262 e. The molecule has 0 atom stereocenters. The molecule has 0 bridgehead atoms. The molecule has 0 aromatic heterocycles. The van der Waals surface area contributed by atoms with Gasteiger partial charge in [0, 0.05) is 10.7 Å². The summed E-state index contributed by atoms with van der Waals surface area (Å²) >= 11 is 6.79. The third-order valence-corrected chi connectivity index (χ3v) is 7.07. The Kier molecular flexibility index (Phi) is 7.32. The summed E-state index contributed by atoms with van der Waals surface area (Å²) in [4.78, 5) is 12.7. The van der Waals surface area contributed by atoms with Crippen molar-refractivity contribution in [2.75, 3.05) is 5.32 Å². The number of benzene rings is 5. The number of anilines is 1. The molecule has 0 saturated heterocycles. The molecule has 5 aromatic carbocycles. The van der Waals surface area contributed by atoms with Crippen molar-refractivity contribution in [2.24, 2.45) is 0 Å².